The Morgan fingerprint density at radius 3 is 2.47 bits per heavy atom. The second kappa shape index (κ2) is 5.63. The van der Waals surface area contributed by atoms with E-state index < -0.39 is 0 Å². The third-order valence-electron chi connectivity index (χ3n) is 4.14. The molecule has 0 aromatic carbocycles. The normalized spacial score (nSPS) is 20.9. The summed E-state index contributed by atoms with van der Waals surface area (Å²) in [6.45, 7) is 7.99. The zero-order valence-electron chi connectivity index (χ0n) is 11.2. The van der Waals surface area contributed by atoms with Crippen molar-refractivity contribution in [2.75, 3.05) is 6.54 Å². The van der Waals surface area contributed by atoms with Gasteiger partial charge in [0.2, 0.25) is 0 Å². The van der Waals surface area contributed by atoms with Crippen LogP contribution in [0.3, 0.4) is 0 Å². The van der Waals surface area contributed by atoms with Crippen LogP contribution in [0.1, 0.15) is 45.1 Å². The number of hydrogen-bond donors (Lipinski definition) is 1. The molecule has 1 aromatic heterocycles. The maximum Gasteiger partial charge on any atom is 0.0270 e. The molecule has 2 rings (SSSR count). The van der Waals surface area contributed by atoms with Gasteiger partial charge in [-0.15, -0.1) is 0 Å². The first-order valence-corrected chi connectivity index (χ1v) is 6.87. The SMILES string of the molecule is CCNC(C(C)c1ccncc1)C(C)C1CC1. The average molecular weight is 232 g/mol. The summed E-state index contributed by atoms with van der Waals surface area (Å²) in [5.41, 5.74) is 1.40. The van der Waals surface area contributed by atoms with E-state index in [4.69, 9.17) is 0 Å². The molecule has 0 saturated heterocycles. The van der Waals surface area contributed by atoms with Crippen LogP contribution >= 0.6 is 0 Å². The number of pyridine rings is 1. The summed E-state index contributed by atoms with van der Waals surface area (Å²) in [6, 6.07) is 4.89. The van der Waals surface area contributed by atoms with Crippen LogP contribution in [-0.4, -0.2) is 17.6 Å². The Morgan fingerprint density at radius 1 is 1.29 bits per heavy atom. The zero-order valence-corrected chi connectivity index (χ0v) is 11.2. The summed E-state index contributed by atoms with van der Waals surface area (Å²) in [4.78, 5) is 4.11. The van der Waals surface area contributed by atoms with Gasteiger partial charge >= 0.3 is 0 Å². The van der Waals surface area contributed by atoms with E-state index >= 15 is 0 Å². The van der Waals surface area contributed by atoms with Crippen LogP contribution < -0.4 is 5.32 Å². The summed E-state index contributed by atoms with van der Waals surface area (Å²) in [5, 5.41) is 3.68. The van der Waals surface area contributed by atoms with E-state index in [1.165, 1.54) is 18.4 Å². The van der Waals surface area contributed by atoms with E-state index in [-0.39, 0.29) is 0 Å². The van der Waals surface area contributed by atoms with Crippen LogP contribution in [0.15, 0.2) is 24.5 Å². The molecule has 1 saturated carbocycles. The van der Waals surface area contributed by atoms with Crippen LogP contribution in [0.2, 0.25) is 0 Å². The van der Waals surface area contributed by atoms with E-state index in [0.29, 0.717) is 12.0 Å². The predicted molar refractivity (Wildman–Crippen MR) is 72.0 cm³/mol. The lowest BCUT2D eigenvalue weighted by molar-refractivity contribution is 0.310. The molecule has 0 amide bonds. The Labute approximate surface area is 105 Å². The second-order valence-electron chi connectivity index (χ2n) is 5.35. The molecule has 94 valence electrons. The number of rotatable bonds is 6. The minimum absolute atomic E-state index is 0.563. The molecule has 3 unspecified atom stereocenters. The molecule has 0 spiro atoms. The van der Waals surface area contributed by atoms with Gasteiger partial charge < -0.3 is 5.32 Å². The van der Waals surface area contributed by atoms with Gasteiger partial charge in [-0.25, -0.2) is 0 Å². The van der Waals surface area contributed by atoms with Gasteiger partial charge in [0.1, 0.15) is 0 Å². The van der Waals surface area contributed by atoms with Crippen molar-refractivity contribution in [1.82, 2.24) is 10.3 Å². The Kier molecular flexibility index (Phi) is 4.16. The summed E-state index contributed by atoms with van der Waals surface area (Å²) < 4.78 is 0. The highest BCUT2D eigenvalue weighted by Gasteiger charge is 2.35. The molecule has 17 heavy (non-hydrogen) atoms. The largest absolute Gasteiger partial charge is 0.313 e. The number of aromatic nitrogens is 1. The van der Waals surface area contributed by atoms with Gasteiger partial charge in [0.25, 0.3) is 0 Å². The van der Waals surface area contributed by atoms with E-state index in [0.717, 1.165) is 18.4 Å². The fourth-order valence-electron chi connectivity index (χ4n) is 2.84. The van der Waals surface area contributed by atoms with E-state index in [1.807, 2.05) is 12.4 Å². The van der Waals surface area contributed by atoms with Crippen LogP contribution in [0, 0.1) is 11.8 Å². The van der Waals surface area contributed by atoms with Crippen LogP contribution in [0.4, 0.5) is 0 Å². The highest BCUT2D eigenvalue weighted by molar-refractivity contribution is 5.18. The molecule has 0 bridgehead atoms. The number of nitrogens with one attached hydrogen (secondary N) is 1. The number of hydrogen-bond acceptors (Lipinski definition) is 2. The first-order valence-electron chi connectivity index (χ1n) is 6.87. The second-order valence-corrected chi connectivity index (χ2v) is 5.35. The maximum absolute atomic E-state index is 4.11. The van der Waals surface area contributed by atoms with Crippen molar-refractivity contribution >= 4 is 0 Å². The lowest BCUT2D eigenvalue weighted by Gasteiger charge is -2.31. The standard InChI is InChI=1S/C15H24N2/c1-4-17-15(11(2)13-5-6-13)12(3)14-7-9-16-10-8-14/h7-13,15,17H,4-6H2,1-3H3. The molecule has 1 aromatic rings. The van der Waals surface area contributed by atoms with Crippen molar-refractivity contribution in [3.8, 4) is 0 Å². The van der Waals surface area contributed by atoms with E-state index in [9.17, 15) is 0 Å². The quantitative estimate of drug-likeness (QED) is 0.814. The van der Waals surface area contributed by atoms with Gasteiger partial charge in [0.05, 0.1) is 0 Å². The summed E-state index contributed by atoms with van der Waals surface area (Å²) >= 11 is 0. The molecular formula is C15H24N2. The molecule has 0 radical (unpaired) electrons. The average Bonchev–Trinajstić information content (AvgIpc) is 3.20. The van der Waals surface area contributed by atoms with Gasteiger partial charge in [-0.1, -0.05) is 20.8 Å². The fraction of sp³-hybridized carbons (Fsp3) is 0.667. The van der Waals surface area contributed by atoms with Crippen molar-refractivity contribution < 1.29 is 0 Å². The van der Waals surface area contributed by atoms with Crippen molar-refractivity contribution in [1.29, 1.82) is 0 Å². The monoisotopic (exact) mass is 232 g/mol. The van der Waals surface area contributed by atoms with Crippen LogP contribution in [0.5, 0.6) is 0 Å². The van der Waals surface area contributed by atoms with Gasteiger partial charge in [0.15, 0.2) is 0 Å². The van der Waals surface area contributed by atoms with Crippen LogP contribution in [-0.2, 0) is 0 Å². The molecule has 0 aliphatic heterocycles. The van der Waals surface area contributed by atoms with Crippen molar-refractivity contribution in [3.63, 3.8) is 0 Å². The first kappa shape index (κ1) is 12.6. The van der Waals surface area contributed by atoms with Gasteiger partial charge in [0, 0.05) is 18.4 Å². The molecule has 1 aliphatic rings. The predicted octanol–water partition coefficient (Wildman–Crippen LogP) is 3.21. The first-order chi connectivity index (χ1) is 8.24. The minimum atomic E-state index is 0.563. The van der Waals surface area contributed by atoms with Crippen LogP contribution in [0.25, 0.3) is 0 Å². The molecule has 3 atom stereocenters. The minimum Gasteiger partial charge on any atom is -0.313 e. The molecule has 2 nitrogen and oxygen atoms in total. The Bertz CT molecular complexity index is 332. The zero-order chi connectivity index (χ0) is 12.3. The maximum atomic E-state index is 4.11. The number of likely N-dealkylation sites (N-methyl/N-ethyl adjacent to an activating group) is 1. The lowest BCUT2D eigenvalue weighted by atomic mass is 9.83. The summed E-state index contributed by atoms with van der Waals surface area (Å²) in [7, 11) is 0. The molecule has 1 heterocycles. The molecule has 1 aliphatic carbocycles. The highest BCUT2D eigenvalue weighted by atomic mass is 14.9. The fourth-order valence-corrected chi connectivity index (χ4v) is 2.84. The van der Waals surface area contributed by atoms with Gasteiger partial charge in [-0.3, -0.25) is 4.98 Å². The lowest BCUT2D eigenvalue weighted by Crippen LogP contribution is -2.40. The molecule has 1 fully saturated rings. The van der Waals surface area contributed by atoms with Crippen molar-refractivity contribution in [3.05, 3.63) is 30.1 Å². The summed E-state index contributed by atoms with van der Waals surface area (Å²) in [5.74, 6) is 2.29. The summed E-state index contributed by atoms with van der Waals surface area (Å²) in [6.07, 6.45) is 6.64. The van der Waals surface area contributed by atoms with Crippen molar-refractivity contribution in [2.45, 2.75) is 45.6 Å². The van der Waals surface area contributed by atoms with E-state index in [1.54, 1.807) is 0 Å². The van der Waals surface area contributed by atoms with E-state index in [2.05, 4.69) is 43.2 Å². The Hall–Kier alpha value is -0.890. The molecule has 2 heteroatoms. The Balaban J connectivity index is 2.09. The third kappa shape index (κ3) is 3.06. The highest BCUT2D eigenvalue weighted by Crippen LogP contribution is 2.41. The molecule has 1 N–H and O–H groups in total. The van der Waals surface area contributed by atoms with Gasteiger partial charge in [-0.05, 0) is 54.8 Å². The smallest absolute Gasteiger partial charge is 0.0270 e. The van der Waals surface area contributed by atoms with Gasteiger partial charge in [-0.2, -0.15) is 0 Å². The third-order valence-corrected chi connectivity index (χ3v) is 4.14. The topological polar surface area (TPSA) is 24.9 Å². The Morgan fingerprint density at radius 2 is 1.94 bits per heavy atom. The molecular weight excluding hydrogens is 208 g/mol. The number of nitrogens with zero attached hydrogens (tertiary/aromatic N) is 1. The van der Waals surface area contributed by atoms with Crippen molar-refractivity contribution in [2.24, 2.45) is 11.8 Å².